The molecular formula is C27H25F5. The fraction of sp³-hybridized carbons (Fsp3) is 0.333. The van der Waals surface area contributed by atoms with Gasteiger partial charge in [0.1, 0.15) is 11.6 Å². The van der Waals surface area contributed by atoms with Crippen LogP contribution in [-0.4, -0.2) is 0 Å². The minimum absolute atomic E-state index is 0.101. The maximum Gasteiger partial charge on any atom is 0.419 e. The average Bonchev–Trinajstić information content (AvgIpc) is 2.75. The van der Waals surface area contributed by atoms with Crippen LogP contribution in [0.5, 0.6) is 0 Å². The predicted molar refractivity (Wildman–Crippen MR) is 117 cm³/mol. The molecule has 0 amide bonds. The molecule has 3 aromatic rings. The van der Waals surface area contributed by atoms with Crippen molar-refractivity contribution in [2.45, 2.75) is 58.0 Å². The van der Waals surface area contributed by atoms with Crippen LogP contribution in [0.1, 0.15) is 54.9 Å². The highest BCUT2D eigenvalue weighted by molar-refractivity contribution is 5.78. The highest BCUT2D eigenvalue weighted by Crippen LogP contribution is 2.40. The van der Waals surface area contributed by atoms with E-state index in [4.69, 9.17) is 0 Å². The highest BCUT2D eigenvalue weighted by atomic mass is 19.4. The van der Waals surface area contributed by atoms with Crippen molar-refractivity contribution in [3.05, 3.63) is 82.4 Å². The van der Waals surface area contributed by atoms with Crippen LogP contribution in [0.3, 0.4) is 0 Å². The number of hydrogen-bond donors (Lipinski definition) is 0. The molecule has 0 fully saturated rings. The van der Waals surface area contributed by atoms with E-state index < -0.39 is 23.4 Å². The maximum absolute atomic E-state index is 15.4. The Balaban J connectivity index is 1.64. The van der Waals surface area contributed by atoms with Crippen molar-refractivity contribution in [2.75, 3.05) is 0 Å². The van der Waals surface area contributed by atoms with Gasteiger partial charge in [0.15, 0.2) is 0 Å². The molecule has 0 aromatic heterocycles. The number of halogens is 5. The summed E-state index contributed by atoms with van der Waals surface area (Å²) in [6.45, 7) is 2.19. The van der Waals surface area contributed by atoms with Crippen LogP contribution in [0.25, 0.3) is 22.3 Å². The molecule has 1 aliphatic rings. The summed E-state index contributed by atoms with van der Waals surface area (Å²) >= 11 is 0. The molecule has 0 nitrogen and oxygen atoms in total. The van der Waals surface area contributed by atoms with Crippen molar-refractivity contribution >= 4 is 0 Å². The van der Waals surface area contributed by atoms with Gasteiger partial charge in [0.25, 0.3) is 0 Å². The van der Waals surface area contributed by atoms with E-state index in [1.807, 2.05) is 6.07 Å². The Labute approximate surface area is 185 Å². The summed E-state index contributed by atoms with van der Waals surface area (Å²) in [5.74, 6) is -1.89. The second-order valence-corrected chi connectivity index (χ2v) is 8.45. The van der Waals surface area contributed by atoms with Gasteiger partial charge in [0, 0.05) is 5.56 Å². The molecule has 3 aromatic carbocycles. The largest absolute Gasteiger partial charge is 0.419 e. The standard InChI is InChI=1S/C27H25F5/c1-2-3-4-5-6-17-7-10-20-18(15-17)8-11-23-22(20)13-12-21(26(23)29)19-9-14-24(25(28)16-19)27(30,31)32/h7,9-10,12-16H,2-6,8,11H2,1H3. The quantitative estimate of drug-likeness (QED) is 0.264. The van der Waals surface area contributed by atoms with Crippen LogP contribution in [0.2, 0.25) is 0 Å². The average molecular weight is 444 g/mol. The first-order chi connectivity index (χ1) is 15.3. The van der Waals surface area contributed by atoms with Gasteiger partial charge in [0.2, 0.25) is 0 Å². The molecule has 5 heteroatoms. The number of aryl methyl sites for hydroxylation is 2. The van der Waals surface area contributed by atoms with E-state index in [1.54, 1.807) is 6.07 Å². The summed E-state index contributed by atoms with van der Waals surface area (Å²) in [5, 5.41) is 0. The molecule has 0 bridgehead atoms. The van der Waals surface area contributed by atoms with Crippen molar-refractivity contribution < 1.29 is 22.0 Å². The van der Waals surface area contributed by atoms with Crippen LogP contribution < -0.4 is 0 Å². The fourth-order valence-corrected chi connectivity index (χ4v) is 4.54. The molecular weight excluding hydrogens is 419 g/mol. The number of fused-ring (bicyclic) bond motifs is 3. The molecule has 0 spiro atoms. The SMILES string of the molecule is CCCCCCc1ccc2c(c1)CCc1c-2ccc(-c2ccc(C(F)(F)F)c(F)c2)c1F. The van der Waals surface area contributed by atoms with Crippen molar-refractivity contribution in [3.8, 4) is 22.3 Å². The van der Waals surface area contributed by atoms with E-state index in [1.165, 1.54) is 36.5 Å². The van der Waals surface area contributed by atoms with Gasteiger partial charge in [-0.2, -0.15) is 13.2 Å². The topological polar surface area (TPSA) is 0 Å². The minimum atomic E-state index is -4.78. The molecule has 0 saturated heterocycles. The van der Waals surface area contributed by atoms with E-state index in [9.17, 15) is 17.6 Å². The second kappa shape index (κ2) is 9.05. The van der Waals surface area contributed by atoms with E-state index in [2.05, 4.69) is 19.1 Å². The molecule has 0 unspecified atom stereocenters. The summed E-state index contributed by atoms with van der Waals surface area (Å²) < 4.78 is 67.9. The monoisotopic (exact) mass is 444 g/mol. The Morgan fingerprint density at radius 1 is 0.781 bits per heavy atom. The fourth-order valence-electron chi connectivity index (χ4n) is 4.54. The number of unbranched alkanes of at least 4 members (excludes halogenated alkanes) is 3. The molecule has 1 aliphatic carbocycles. The lowest BCUT2D eigenvalue weighted by Crippen LogP contribution is -2.09. The Kier molecular flexibility index (Phi) is 6.36. The first kappa shape index (κ1) is 22.5. The zero-order chi connectivity index (χ0) is 22.9. The van der Waals surface area contributed by atoms with E-state index >= 15 is 4.39 Å². The first-order valence-corrected chi connectivity index (χ1v) is 11.1. The number of rotatable bonds is 6. The number of alkyl halides is 3. The zero-order valence-electron chi connectivity index (χ0n) is 18.0. The first-order valence-electron chi connectivity index (χ1n) is 11.1. The van der Waals surface area contributed by atoms with Crippen LogP contribution in [-0.2, 0) is 25.4 Å². The van der Waals surface area contributed by atoms with E-state index in [0.29, 0.717) is 24.5 Å². The van der Waals surface area contributed by atoms with Crippen molar-refractivity contribution in [1.29, 1.82) is 0 Å². The summed E-state index contributed by atoms with van der Waals surface area (Å²) in [6, 6.07) is 12.2. The smallest absolute Gasteiger partial charge is 0.206 e. The summed E-state index contributed by atoms with van der Waals surface area (Å²) in [7, 11) is 0. The lowest BCUT2D eigenvalue weighted by Gasteiger charge is -2.22. The number of benzene rings is 3. The van der Waals surface area contributed by atoms with Gasteiger partial charge >= 0.3 is 6.18 Å². The van der Waals surface area contributed by atoms with Gasteiger partial charge in [0.05, 0.1) is 5.56 Å². The summed E-state index contributed by atoms with van der Waals surface area (Å²) in [5.41, 5.74) is 3.69. The zero-order valence-corrected chi connectivity index (χ0v) is 18.0. The Morgan fingerprint density at radius 2 is 1.53 bits per heavy atom. The maximum atomic E-state index is 15.4. The van der Waals surface area contributed by atoms with Crippen molar-refractivity contribution in [3.63, 3.8) is 0 Å². The Hall–Kier alpha value is -2.69. The molecule has 168 valence electrons. The summed E-state index contributed by atoms with van der Waals surface area (Å²) in [6.07, 6.45) is 2.27. The van der Waals surface area contributed by atoms with Crippen LogP contribution >= 0.6 is 0 Å². The third kappa shape index (κ3) is 4.43. The third-order valence-corrected chi connectivity index (χ3v) is 6.25. The Morgan fingerprint density at radius 3 is 2.25 bits per heavy atom. The van der Waals surface area contributed by atoms with Crippen LogP contribution in [0, 0.1) is 11.6 Å². The molecule has 0 radical (unpaired) electrons. The second-order valence-electron chi connectivity index (χ2n) is 8.45. The molecule has 0 aliphatic heterocycles. The highest BCUT2D eigenvalue weighted by Gasteiger charge is 2.34. The van der Waals surface area contributed by atoms with Crippen molar-refractivity contribution in [1.82, 2.24) is 0 Å². The minimum Gasteiger partial charge on any atom is -0.206 e. The van der Waals surface area contributed by atoms with E-state index in [-0.39, 0.29) is 11.1 Å². The van der Waals surface area contributed by atoms with Gasteiger partial charge in [-0.3, -0.25) is 0 Å². The molecule has 0 N–H and O–H groups in total. The normalized spacial score (nSPS) is 13.1. The van der Waals surface area contributed by atoms with Crippen molar-refractivity contribution in [2.24, 2.45) is 0 Å². The van der Waals surface area contributed by atoms with Crippen LogP contribution in [0.15, 0.2) is 48.5 Å². The lowest BCUT2D eigenvalue weighted by molar-refractivity contribution is -0.139. The van der Waals surface area contributed by atoms with E-state index in [0.717, 1.165) is 36.1 Å². The third-order valence-electron chi connectivity index (χ3n) is 6.25. The van der Waals surface area contributed by atoms with Gasteiger partial charge in [-0.25, -0.2) is 8.78 Å². The molecule has 0 atom stereocenters. The summed E-state index contributed by atoms with van der Waals surface area (Å²) in [4.78, 5) is 0. The van der Waals surface area contributed by atoms with Gasteiger partial charge in [-0.05, 0) is 71.2 Å². The van der Waals surface area contributed by atoms with Gasteiger partial charge in [-0.1, -0.05) is 62.6 Å². The number of hydrogen-bond acceptors (Lipinski definition) is 0. The molecule has 32 heavy (non-hydrogen) atoms. The Bertz CT molecular complexity index is 1130. The lowest BCUT2D eigenvalue weighted by atomic mass is 9.82. The molecule has 0 saturated carbocycles. The van der Waals surface area contributed by atoms with Crippen LogP contribution in [0.4, 0.5) is 22.0 Å². The van der Waals surface area contributed by atoms with Gasteiger partial charge in [-0.15, -0.1) is 0 Å². The predicted octanol–water partition coefficient (Wildman–Crippen LogP) is 8.54. The molecule has 4 rings (SSSR count). The molecule has 0 heterocycles. The van der Waals surface area contributed by atoms with Gasteiger partial charge < -0.3 is 0 Å².